The summed E-state index contributed by atoms with van der Waals surface area (Å²) in [6, 6.07) is 10.6. The third kappa shape index (κ3) is 2.74. The minimum Gasteiger partial charge on any atom is -0.545 e. The van der Waals surface area contributed by atoms with Gasteiger partial charge in [-0.1, -0.05) is 43.7 Å². The first kappa shape index (κ1) is 12.3. The first-order valence-corrected chi connectivity index (χ1v) is 5.97. The average Bonchev–Trinajstić information content (AvgIpc) is 2.40. The van der Waals surface area contributed by atoms with E-state index in [1.165, 1.54) is 17.7 Å². The minimum atomic E-state index is -1.16. The van der Waals surface area contributed by atoms with E-state index in [4.69, 9.17) is 0 Å². The van der Waals surface area contributed by atoms with Gasteiger partial charge in [0.05, 0.1) is 11.7 Å². The van der Waals surface area contributed by atoms with E-state index in [1.807, 2.05) is 12.3 Å². The second-order valence-corrected chi connectivity index (χ2v) is 4.17. The number of carbonyl (C=O) groups excluding carboxylic acids is 1. The number of benzene rings is 1. The molecule has 18 heavy (non-hydrogen) atoms. The van der Waals surface area contributed by atoms with E-state index in [-0.39, 0.29) is 5.56 Å². The van der Waals surface area contributed by atoms with Crippen molar-refractivity contribution in [3.05, 3.63) is 53.7 Å². The van der Waals surface area contributed by atoms with Crippen LogP contribution in [0.15, 0.2) is 42.6 Å². The van der Waals surface area contributed by atoms with Gasteiger partial charge in [-0.15, -0.1) is 0 Å². The topological polar surface area (TPSA) is 53.0 Å². The minimum absolute atomic E-state index is 0.182. The molecule has 0 N–H and O–H groups in total. The molecule has 0 unspecified atom stereocenters. The van der Waals surface area contributed by atoms with E-state index >= 15 is 0 Å². The molecule has 1 aromatic heterocycles. The Kier molecular flexibility index (Phi) is 3.72. The first-order valence-electron chi connectivity index (χ1n) is 5.97. The van der Waals surface area contributed by atoms with Gasteiger partial charge in [0.15, 0.2) is 0 Å². The summed E-state index contributed by atoms with van der Waals surface area (Å²) in [6.07, 6.45) is 3.99. The van der Waals surface area contributed by atoms with Gasteiger partial charge in [-0.25, -0.2) is 0 Å². The predicted molar refractivity (Wildman–Crippen MR) is 68.0 cm³/mol. The summed E-state index contributed by atoms with van der Waals surface area (Å²) >= 11 is 0. The summed E-state index contributed by atoms with van der Waals surface area (Å²) in [7, 11) is 0. The van der Waals surface area contributed by atoms with E-state index in [9.17, 15) is 9.90 Å². The number of carbonyl (C=O) groups is 1. The van der Waals surface area contributed by atoms with E-state index in [0.29, 0.717) is 0 Å². The highest BCUT2D eigenvalue weighted by molar-refractivity contribution is 5.86. The molecule has 3 heteroatoms. The van der Waals surface area contributed by atoms with Crippen LogP contribution in [0.5, 0.6) is 0 Å². The molecule has 3 nitrogen and oxygen atoms in total. The Bertz CT molecular complexity index is 529. The number of carboxylic acids is 1. The summed E-state index contributed by atoms with van der Waals surface area (Å²) in [5.41, 5.74) is 3.15. The maximum atomic E-state index is 10.6. The van der Waals surface area contributed by atoms with Gasteiger partial charge in [-0.2, -0.15) is 0 Å². The molecule has 2 aromatic rings. The Morgan fingerprint density at radius 1 is 1.17 bits per heavy atom. The van der Waals surface area contributed by atoms with Crippen molar-refractivity contribution in [2.45, 2.75) is 19.8 Å². The lowest BCUT2D eigenvalue weighted by molar-refractivity contribution is -0.255. The van der Waals surface area contributed by atoms with Crippen LogP contribution in [0, 0.1) is 0 Å². The van der Waals surface area contributed by atoms with Crippen molar-refractivity contribution < 1.29 is 9.90 Å². The maximum absolute atomic E-state index is 10.6. The number of pyridine rings is 1. The van der Waals surface area contributed by atoms with Crippen LogP contribution in [0.1, 0.15) is 29.3 Å². The number of rotatable bonds is 4. The van der Waals surface area contributed by atoms with Gasteiger partial charge >= 0.3 is 0 Å². The highest BCUT2D eigenvalue weighted by Gasteiger charge is 2.00. The third-order valence-corrected chi connectivity index (χ3v) is 2.78. The molecule has 0 aliphatic carbocycles. The highest BCUT2D eigenvalue weighted by Crippen LogP contribution is 2.18. The molecule has 0 radical (unpaired) electrons. The molecule has 0 saturated heterocycles. The fraction of sp³-hybridized carbons (Fsp3) is 0.200. The van der Waals surface area contributed by atoms with Crippen LogP contribution < -0.4 is 5.11 Å². The zero-order valence-corrected chi connectivity index (χ0v) is 10.2. The van der Waals surface area contributed by atoms with E-state index < -0.39 is 5.97 Å². The normalized spacial score (nSPS) is 10.3. The fourth-order valence-electron chi connectivity index (χ4n) is 1.81. The molecule has 1 heterocycles. The molecule has 0 amide bonds. The molecule has 92 valence electrons. The van der Waals surface area contributed by atoms with Gasteiger partial charge in [-0.3, -0.25) is 4.98 Å². The summed E-state index contributed by atoms with van der Waals surface area (Å²) in [5, 5.41) is 10.6. The van der Waals surface area contributed by atoms with Crippen LogP contribution in [0.2, 0.25) is 0 Å². The standard InChI is InChI=1S/C15H15NO2/c1-2-3-11-4-9-14(16-10-11)12-5-7-13(8-6-12)15(17)18/h4-10H,2-3H2,1H3,(H,17,18)/p-1. The number of hydrogen-bond acceptors (Lipinski definition) is 3. The predicted octanol–water partition coefficient (Wildman–Crippen LogP) is 2.06. The maximum Gasteiger partial charge on any atom is 0.0715 e. The lowest BCUT2D eigenvalue weighted by Gasteiger charge is -2.05. The average molecular weight is 240 g/mol. The molecular formula is C15H14NO2-. The number of hydrogen-bond donors (Lipinski definition) is 0. The number of carboxylic acid groups (broad SMARTS) is 1. The van der Waals surface area contributed by atoms with Gasteiger partial charge < -0.3 is 9.90 Å². The van der Waals surface area contributed by atoms with Crippen molar-refractivity contribution in [2.75, 3.05) is 0 Å². The van der Waals surface area contributed by atoms with Crippen molar-refractivity contribution in [2.24, 2.45) is 0 Å². The molecule has 0 spiro atoms. The van der Waals surface area contributed by atoms with Gasteiger partial charge in [0.25, 0.3) is 0 Å². The van der Waals surface area contributed by atoms with E-state index in [1.54, 1.807) is 12.1 Å². The fourth-order valence-corrected chi connectivity index (χ4v) is 1.81. The van der Waals surface area contributed by atoms with Crippen molar-refractivity contribution in [3.63, 3.8) is 0 Å². The molecule has 0 saturated carbocycles. The lowest BCUT2D eigenvalue weighted by Crippen LogP contribution is -2.21. The highest BCUT2D eigenvalue weighted by atomic mass is 16.4. The number of aromatic carboxylic acids is 1. The second-order valence-electron chi connectivity index (χ2n) is 4.17. The Morgan fingerprint density at radius 3 is 2.39 bits per heavy atom. The van der Waals surface area contributed by atoms with E-state index in [2.05, 4.69) is 18.0 Å². The van der Waals surface area contributed by atoms with Gasteiger partial charge in [0.1, 0.15) is 0 Å². The quantitative estimate of drug-likeness (QED) is 0.822. The largest absolute Gasteiger partial charge is 0.545 e. The van der Waals surface area contributed by atoms with Crippen LogP contribution in [-0.4, -0.2) is 11.0 Å². The summed E-state index contributed by atoms with van der Waals surface area (Å²) in [6.45, 7) is 2.13. The molecule has 0 bridgehead atoms. The summed E-state index contributed by atoms with van der Waals surface area (Å²) in [5.74, 6) is -1.16. The SMILES string of the molecule is CCCc1ccc(-c2ccc(C(=O)[O-])cc2)nc1. The molecule has 0 aliphatic heterocycles. The van der Waals surface area contributed by atoms with Crippen molar-refractivity contribution in [1.82, 2.24) is 4.98 Å². The molecular weight excluding hydrogens is 226 g/mol. The number of aryl methyl sites for hydroxylation is 1. The molecule has 0 fully saturated rings. The van der Waals surface area contributed by atoms with Gasteiger partial charge in [0, 0.05) is 11.8 Å². The first-order chi connectivity index (χ1) is 8.70. The Balaban J connectivity index is 2.23. The van der Waals surface area contributed by atoms with E-state index in [0.717, 1.165) is 24.1 Å². The molecule has 0 aliphatic rings. The zero-order chi connectivity index (χ0) is 13.0. The molecule has 0 atom stereocenters. The third-order valence-electron chi connectivity index (χ3n) is 2.78. The Labute approximate surface area is 106 Å². The monoisotopic (exact) mass is 240 g/mol. The lowest BCUT2D eigenvalue weighted by atomic mass is 10.1. The van der Waals surface area contributed by atoms with Gasteiger partial charge in [-0.05, 0) is 23.6 Å². The van der Waals surface area contributed by atoms with Crippen LogP contribution in [0.4, 0.5) is 0 Å². The second kappa shape index (κ2) is 5.45. The number of nitrogens with zero attached hydrogens (tertiary/aromatic N) is 1. The smallest absolute Gasteiger partial charge is 0.0715 e. The van der Waals surface area contributed by atoms with Crippen molar-refractivity contribution >= 4 is 5.97 Å². The van der Waals surface area contributed by atoms with Crippen LogP contribution >= 0.6 is 0 Å². The molecule has 2 rings (SSSR count). The molecule has 1 aromatic carbocycles. The summed E-state index contributed by atoms with van der Waals surface area (Å²) < 4.78 is 0. The van der Waals surface area contributed by atoms with Gasteiger partial charge in [0.2, 0.25) is 0 Å². The number of aromatic nitrogens is 1. The van der Waals surface area contributed by atoms with Crippen LogP contribution in [-0.2, 0) is 6.42 Å². The summed E-state index contributed by atoms with van der Waals surface area (Å²) in [4.78, 5) is 15.0. The zero-order valence-electron chi connectivity index (χ0n) is 10.2. The Hall–Kier alpha value is -2.16. The van der Waals surface area contributed by atoms with Crippen molar-refractivity contribution in [1.29, 1.82) is 0 Å². The van der Waals surface area contributed by atoms with Crippen LogP contribution in [0.3, 0.4) is 0 Å². The Morgan fingerprint density at radius 2 is 1.89 bits per heavy atom. The van der Waals surface area contributed by atoms with Crippen molar-refractivity contribution in [3.8, 4) is 11.3 Å². The van der Waals surface area contributed by atoms with Crippen LogP contribution in [0.25, 0.3) is 11.3 Å².